The molecule has 0 heterocycles. The monoisotopic (exact) mass is 242 g/mol. The van der Waals surface area contributed by atoms with Gasteiger partial charge in [-0.3, -0.25) is 0 Å². The number of aliphatic hydroxyl groups excluding tert-OH is 1. The van der Waals surface area contributed by atoms with Gasteiger partial charge in [0.05, 0.1) is 12.1 Å². The Kier molecular flexibility index (Phi) is 3.84. The van der Waals surface area contributed by atoms with Crippen LogP contribution in [-0.4, -0.2) is 11.2 Å². The van der Waals surface area contributed by atoms with Crippen molar-refractivity contribution in [3.63, 3.8) is 0 Å². The zero-order valence-electron chi connectivity index (χ0n) is 9.87. The second-order valence-electron chi connectivity index (χ2n) is 5.11. The van der Waals surface area contributed by atoms with Crippen LogP contribution >= 0.6 is 11.6 Å². The summed E-state index contributed by atoms with van der Waals surface area (Å²) in [4.78, 5) is 0. The van der Waals surface area contributed by atoms with E-state index in [1.54, 1.807) is 18.2 Å². The van der Waals surface area contributed by atoms with Crippen molar-refractivity contribution in [1.29, 1.82) is 0 Å². The number of rotatable bonds is 2. The van der Waals surface area contributed by atoms with Gasteiger partial charge in [-0.05, 0) is 29.2 Å². The third-order valence-electron chi connectivity index (χ3n) is 2.64. The van der Waals surface area contributed by atoms with Gasteiger partial charge in [-0.25, -0.2) is 0 Å². The smallest absolute Gasteiger partial charge is 0.0781 e. The minimum Gasteiger partial charge on any atom is -0.398 e. The molecule has 1 rings (SSSR count). The molecule has 0 spiro atoms. The Labute approximate surface area is 101 Å². The van der Waals surface area contributed by atoms with Gasteiger partial charge >= 0.3 is 0 Å². The molecule has 0 aliphatic carbocycles. The van der Waals surface area contributed by atoms with Crippen LogP contribution in [0.25, 0.3) is 0 Å². The quantitative estimate of drug-likeness (QED) is 0.697. The Balaban J connectivity index is 3.05. The third-order valence-corrected chi connectivity index (χ3v) is 2.87. The molecule has 1 aromatic carbocycles. The summed E-state index contributed by atoms with van der Waals surface area (Å²) in [5.41, 5.74) is 12.8. The van der Waals surface area contributed by atoms with Crippen LogP contribution < -0.4 is 11.5 Å². The number of hydrogen-bond acceptors (Lipinski definition) is 3. The molecule has 0 aliphatic rings. The molecule has 2 atom stereocenters. The van der Waals surface area contributed by atoms with Crippen molar-refractivity contribution in [3.05, 3.63) is 28.8 Å². The molecule has 0 fully saturated rings. The van der Waals surface area contributed by atoms with E-state index in [1.807, 2.05) is 20.8 Å². The second-order valence-corrected chi connectivity index (χ2v) is 5.55. The van der Waals surface area contributed by atoms with Gasteiger partial charge in [0.15, 0.2) is 0 Å². The molecule has 0 amide bonds. The molecule has 90 valence electrons. The SMILES string of the molecule is CC(C)(C)[C@H](O)[C@H](N)c1cc(Cl)ccc1N. The first-order valence-corrected chi connectivity index (χ1v) is 5.60. The van der Waals surface area contributed by atoms with E-state index >= 15 is 0 Å². The summed E-state index contributed by atoms with van der Waals surface area (Å²) >= 11 is 5.89. The summed E-state index contributed by atoms with van der Waals surface area (Å²) in [6.45, 7) is 5.79. The fourth-order valence-corrected chi connectivity index (χ4v) is 1.72. The maximum atomic E-state index is 10.1. The Morgan fingerprint density at radius 1 is 1.31 bits per heavy atom. The number of nitrogen functional groups attached to an aromatic ring is 1. The highest BCUT2D eigenvalue weighted by Gasteiger charge is 2.30. The predicted molar refractivity (Wildman–Crippen MR) is 68.3 cm³/mol. The molecular weight excluding hydrogens is 224 g/mol. The molecule has 0 aliphatic heterocycles. The Morgan fingerprint density at radius 3 is 2.38 bits per heavy atom. The summed E-state index contributed by atoms with van der Waals surface area (Å²) < 4.78 is 0. The molecule has 5 N–H and O–H groups in total. The highest BCUT2D eigenvalue weighted by Crippen LogP contribution is 2.32. The van der Waals surface area contributed by atoms with E-state index in [1.165, 1.54) is 0 Å². The van der Waals surface area contributed by atoms with Gasteiger partial charge < -0.3 is 16.6 Å². The Morgan fingerprint density at radius 2 is 1.88 bits per heavy atom. The molecule has 1 aromatic rings. The zero-order chi connectivity index (χ0) is 12.5. The summed E-state index contributed by atoms with van der Waals surface area (Å²) in [6.07, 6.45) is -0.673. The topological polar surface area (TPSA) is 72.3 Å². The van der Waals surface area contributed by atoms with Gasteiger partial charge in [0.25, 0.3) is 0 Å². The van der Waals surface area contributed by atoms with Crippen LogP contribution in [0, 0.1) is 5.41 Å². The highest BCUT2D eigenvalue weighted by molar-refractivity contribution is 6.30. The maximum absolute atomic E-state index is 10.1. The fraction of sp³-hybridized carbons (Fsp3) is 0.500. The van der Waals surface area contributed by atoms with Gasteiger partial charge in [0.1, 0.15) is 0 Å². The van der Waals surface area contributed by atoms with Crippen molar-refractivity contribution < 1.29 is 5.11 Å². The third kappa shape index (κ3) is 2.88. The Hall–Kier alpha value is -0.770. The van der Waals surface area contributed by atoms with E-state index in [0.29, 0.717) is 16.3 Å². The van der Waals surface area contributed by atoms with Crippen LogP contribution in [0.15, 0.2) is 18.2 Å². The van der Waals surface area contributed by atoms with E-state index in [9.17, 15) is 5.11 Å². The Bertz CT molecular complexity index is 374. The number of benzene rings is 1. The fourth-order valence-electron chi connectivity index (χ4n) is 1.54. The average molecular weight is 243 g/mol. The van der Waals surface area contributed by atoms with Crippen LogP contribution in [0.5, 0.6) is 0 Å². The molecule has 0 saturated heterocycles. The van der Waals surface area contributed by atoms with Gasteiger partial charge in [0, 0.05) is 10.7 Å². The van der Waals surface area contributed by atoms with E-state index in [0.717, 1.165) is 0 Å². The molecule has 0 unspecified atom stereocenters. The number of halogens is 1. The van der Waals surface area contributed by atoms with Crippen molar-refractivity contribution in [1.82, 2.24) is 0 Å². The minimum absolute atomic E-state index is 0.297. The van der Waals surface area contributed by atoms with E-state index < -0.39 is 12.1 Å². The lowest BCUT2D eigenvalue weighted by Crippen LogP contribution is -2.37. The first-order valence-electron chi connectivity index (χ1n) is 5.22. The molecule has 0 aromatic heterocycles. The summed E-state index contributed by atoms with van der Waals surface area (Å²) in [7, 11) is 0. The number of nitrogens with two attached hydrogens (primary N) is 2. The average Bonchev–Trinajstić information content (AvgIpc) is 2.18. The minimum atomic E-state index is -0.673. The second kappa shape index (κ2) is 4.62. The largest absolute Gasteiger partial charge is 0.398 e. The van der Waals surface area contributed by atoms with E-state index in [2.05, 4.69) is 0 Å². The molecule has 4 heteroatoms. The van der Waals surface area contributed by atoms with Crippen LogP contribution in [0.2, 0.25) is 5.02 Å². The van der Waals surface area contributed by atoms with Gasteiger partial charge in [-0.15, -0.1) is 0 Å². The lowest BCUT2D eigenvalue weighted by atomic mass is 9.82. The van der Waals surface area contributed by atoms with E-state index in [-0.39, 0.29) is 5.41 Å². The molecular formula is C12H19ClN2O. The first kappa shape index (κ1) is 13.3. The summed E-state index contributed by atoms with van der Waals surface area (Å²) in [5.74, 6) is 0. The first-order chi connectivity index (χ1) is 7.23. The lowest BCUT2D eigenvalue weighted by molar-refractivity contribution is 0.0403. The standard InChI is InChI=1S/C12H19ClN2O/c1-12(2,3)11(16)10(15)8-6-7(13)4-5-9(8)14/h4-6,10-11,16H,14-15H2,1-3H3/t10-,11-/m1/s1. The maximum Gasteiger partial charge on any atom is 0.0781 e. The molecule has 3 nitrogen and oxygen atoms in total. The molecule has 0 bridgehead atoms. The zero-order valence-corrected chi connectivity index (χ0v) is 10.6. The van der Waals surface area contributed by atoms with Crippen molar-refractivity contribution in [2.45, 2.75) is 32.9 Å². The van der Waals surface area contributed by atoms with Crippen molar-refractivity contribution in [3.8, 4) is 0 Å². The normalized spacial score (nSPS) is 15.9. The molecule has 0 saturated carbocycles. The summed E-state index contributed by atoms with van der Waals surface area (Å²) in [5, 5.41) is 10.7. The molecule has 0 radical (unpaired) electrons. The van der Waals surface area contributed by atoms with E-state index in [4.69, 9.17) is 23.1 Å². The van der Waals surface area contributed by atoms with Gasteiger partial charge in [0.2, 0.25) is 0 Å². The predicted octanol–water partition coefficient (Wildman–Crippen LogP) is 2.33. The number of aliphatic hydroxyl groups is 1. The summed E-state index contributed by atoms with van der Waals surface area (Å²) in [6, 6.07) is 4.58. The lowest BCUT2D eigenvalue weighted by Gasteiger charge is -2.31. The van der Waals surface area contributed by atoms with Crippen molar-refractivity contribution >= 4 is 17.3 Å². The number of anilines is 1. The van der Waals surface area contributed by atoms with Gasteiger partial charge in [-0.2, -0.15) is 0 Å². The van der Waals surface area contributed by atoms with Crippen LogP contribution in [0.1, 0.15) is 32.4 Å². The van der Waals surface area contributed by atoms with Crippen molar-refractivity contribution in [2.24, 2.45) is 11.1 Å². The van der Waals surface area contributed by atoms with Crippen LogP contribution in [0.3, 0.4) is 0 Å². The van der Waals surface area contributed by atoms with Crippen molar-refractivity contribution in [2.75, 3.05) is 5.73 Å². The molecule has 16 heavy (non-hydrogen) atoms. The van der Waals surface area contributed by atoms with Crippen LogP contribution in [-0.2, 0) is 0 Å². The van der Waals surface area contributed by atoms with Crippen LogP contribution in [0.4, 0.5) is 5.69 Å². The van der Waals surface area contributed by atoms with Gasteiger partial charge in [-0.1, -0.05) is 32.4 Å². The number of hydrogen-bond donors (Lipinski definition) is 3. The highest BCUT2D eigenvalue weighted by atomic mass is 35.5.